The molecule has 7 heteroatoms. The van der Waals surface area contributed by atoms with E-state index in [1.54, 1.807) is 0 Å². The zero-order valence-electron chi connectivity index (χ0n) is 6.18. The van der Waals surface area contributed by atoms with Gasteiger partial charge >= 0.3 is 5.69 Å². The van der Waals surface area contributed by atoms with E-state index >= 15 is 0 Å². The molecule has 1 N–H and O–H groups in total. The Morgan fingerprint density at radius 2 is 2.50 bits per heavy atom. The molecule has 0 aliphatic carbocycles. The summed E-state index contributed by atoms with van der Waals surface area (Å²) in [5, 5.41) is 4.42. The minimum atomic E-state index is -0.403. The highest BCUT2D eigenvalue weighted by Crippen LogP contribution is 2.07. The second-order valence-electron chi connectivity index (χ2n) is 2.02. The average molecular weight is 183 g/mol. The van der Waals surface area contributed by atoms with Crippen molar-refractivity contribution in [1.82, 2.24) is 24.6 Å². The molecular formula is C5H5N5OS. The first-order valence-corrected chi connectivity index (χ1v) is 4.38. The fourth-order valence-electron chi connectivity index (χ4n) is 0.857. The molecule has 0 saturated heterocycles. The van der Waals surface area contributed by atoms with E-state index in [9.17, 15) is 4.79 Å². The molecule has 0 spiro atoms. The number of aromatic nitrogens is 5. The molecule has 0 radical (unpaired) electrons. The van der Waals surface area contributed by atoms with Crippen LogP contribution in [0.1, 0.15) is 0 Å². The molecule has 2 aromatic heterocycles. The van der Waals surface area contributed by atoms with E-state index in [1.807, 2.05) is 6.26 Å². The molecule has 0 aliphatic heterocycles. The molecule has 0 saturated carbocycles. The first-order chi connectivity index (χ1) is 5.81. The van der Waals surface area contributed by atoms with Crippen LogP contribution < -0.4 is 5.69 Å². The number of fused-ring (bicyclic) bond motifs is 1. The lowest BCUT2D eigenvalue weighted by Crippen LogP contribution is -2.15. The van der Waals surface area contributed by atoms with Gasteiger partial charge in [-0.25, -0.2) is 4.79 Å². The Morgan fingerprint density at radius 3 is 3.25 bits per heavy atom. The molecular weight excluding hydrogens is 178 g/mol. The molecule has 62 valence electrons. The zero-order chi connectivity index (χ0) is 8.55. The Hall–Kier alpha value is -1.37. The van der Waals surface area contributed by atoms with Gasteiger partial charge in [0.1, 0.15) is 6.33 Å². The minimum absolute atomic E-state index is 0.403. The smallest absolute Gasteiger partial charge is 0.274 e. The van der Waals surface area contributed by atoms with Crippen LogP contribution in [-0.2, 0) is 0 Å². The number of nitrogens with zero attached hydrogens (tertiary/aromatic N) is 4. The summed E-state index contributed by atoms with van der Waals surface area (Å²) in [5.74, 6) is 0.416. The van der Waals surface area contributed by atoms with Crippen LogP contribution in [0.4, 0.5) is 0 Å². The first-order valence-electron chi connectivity index (χ1n) is 3.15. The number of H-pyrrole nitrogens is 1. The van der Waals surface area contributed by atoms with Crippen molar-refractivity contribution >= 4 is 17.5 Å². The van der Waals surface area contributed by atoms with E-state index < -0.39 is 5.69 Å². The summed E-state index contributed by atoms with van der Waals surface area (Å²) in [6.07, 6.45) is 3.19. The first kappa shape index (κ1) is 7.29. The third-order valence-electron chi connectivity index (χ3n) is 1.33. The van der Waals surface area contributed by atoms with E-state index in [2.05, 4.69) is 20.1 Å². The maximum Gasteiger partial charge on any atom is 0.350 e. The van der Waals surface area contributed by atoms with E-state index in [0.29, 0.717) is 10.9 Å². The molecule has 0 amide bonds. The van der Waals surface area contributed by atoms with Crippen molar-refractivity contribution in [3.8, 4) is 0 Å². The van der Waals surface area contributed by atoms with Crippen LogP contribution >= 0.6 is 11.8 Å². The topological polar surface area (TPSA) is 75.9 Å². The van der Waals surface area contributed by atoms with Crippen molar-refractivity contribution in [3.05, 3.63) is 16.8 Å². The largest absolute Gasteiger partial charge is 0.350 e. The van der Waals surface area contributed by atoms with Crippen molar-refractivity contribution < 1.29 is 0 Å². The summed E-state index contributed by atoms with van der Waals surface area (Å²) in [4.78, 5) is 20.9. The average Bonchev–Trinajstić information content (AvgIpc) is 2.50. The molecule has 12 heavy (non-hydrogen) atoms. The Bertz CT molecular complexity index is 460. The van der Waals surface area contributed by atoms with E-state index in [-0.39, 0.29) is 0 Å². The van der Waals surface area contributed by atoms with Gasteiger partial charge in [-0.3, -0.25) is 4.98 Å². The Balaban J connectivity index is 2.89. The molecule has 2 aromatic rings. The third-order valence-corrected chi connectivity index (χ3v) is 1.96. The van der Waals surface area contributed by atoms with Crippen molar-refractivity contribution in [2.45, 2.75) is 5.16 Å². The molecule has 0 aromatic carbocycles. The number of aromatic amines is 1. The molecule has 6 nitrogen and oxygen atoms in total. The molecule has 2 heterocycles. The van der Waals surface area contributed by atoms with Gasteiger partial charge in [-0.1, -0.05) is 11.8 Å². The van der Waals surface area contributed by atoms with Crippen molar-refractivity contribution in [2.24, 2.45) is 0 Å². The zero-order valence-corrected chi connectivity index (χ0v) is 7.00. The summed E-state index contributed by atoms with van der Waals surface area (Å²) in [6, 6.07) is 0. The summed E-state index contributed by atoms with van der Waals surface area (Å²) >= 11 is 1.35. The van der Waals surface area contributed by atoms with E-state index in [1.165, 1.54) is 22.6 Å². The van der Waals surface area contributed by atoms with E-state index in [4.69, 9.17) is 0 Å². The van der Waals surface area contributed by atoms with Gasteiger partial charge in [-0.15, -0.1) is 0 Å². The highest BCUT2D eigenvalue weighted by molar-refractivity contribution is 7.98. The molecule has 0 unspecified atom stereocenters. The Kier molecular flexibility index (Phi) is 1.58. The fourth-order valence-corrected chi connectivity index (χ4v) is 1.34. The highest BCUT2D eigenvalue weighted by atomic mass is 32.2. The predicted molar refractivity (Wildman–Crippen MR) is 43.2 cm³/mol. The predicted octanol–water partition coefficient (Wildman–Crippen LogP) is -0.466. The van der Waals surface area contributed by atoms with Gasteiger partial charge in [-0.2, -0.15) is 19.6 Å². The lowest BCUT2D eigenvalue weighted by Gasteiger charge is -1.95. The third kappa shape index (κ3) is 0.981. The van der Waals surface area contributed by atoms with Crippen LogP contribution in [0.5, 0.6) is 0 Å². The molecule has 2 rings (SSSR count). The summed E-state index contributed by atoms with van der Waals surface area (Å²) in [5.41, 5.74) is -0.403. The van der Waals surface area contributed by atoms with Gasteiger partial charge in [0.25, 0.3) is 0 Å². The van der Waals surface area contributed by atoms with Crippen molar-refractivity contribution in [3.63, 3.8) is 0 Å². The lowest BCUT2D eigenvalue weighted by atomic mass is 11.0. The molecule has 0 aliphatic rings. The minimum Gasteiger partial charge on any atom is -0.274 e. The van der Waals surface area contributed by atoms with E-state index in [0.717, 1.165) is 0 Å². The highest BCUT2D eigenvalue weighted by Gasteiger charge is 2.03. The Morgan fingerprint density at radius 1 is 1.67 bits per heavy atom. The maximum atomic E-state index is 10.9. The number of hydrogen-bond donors (Lipinski definition) is 1. The van der Waals surface area contributed by atoms with Crippen LogP contribution in [0.25, 0.3) is 5.78 Å². The van der Waals surface area contributed by atoms with Crippen molar-refractivity contribution in [1.29, 1.82) is 0 Å². The van der Waals surface area contributed by atoms with Gasteiger partial charge in [-0.05, 0) is 6.26 Å². The van der Waals surface area contributed by atoms with Crippen LogP contribution in [0.2, 0.25) is 0 Å². The van der Waals surface area contributed by atoms with Gasteiger partial charge < -0.3 is 0 Å². The van der Waals surface area contributed by atoms with Gasteiger partial charge in [0.05, 0.1) is 0 Å². The monoisotopic (exact) mass is 183 g/mol. The lowest BCUT2D eigenvalue weighted by molar-refractivity contribution is 0.752. The van der Waals surface area contributed by atoms with Crippen LogP contribution in [-0.4, -0.2) is 30.8 Å². The fraction of sp³-hybridized carbons (Fsp3) is 0.200. The summed E-state index contributed by atoms with van der Waals surface area (Å²) < 4.78 is 1.48. The van der Waals surface area contributed by atoms with Gasteiger partial charge in [0, 0.05) is 0 Å². The summed E-state index contributed by atoms with van der Waals surface area (Å²) in [7, 11) is 0. The Labute approximate surface area is 71.0 Å². The number of rotatable bonds is 1. The number of hydrogen-bond acceptors (Lipinski definition) is 5. The summed E-state index contributed by atoms with van der Waals surface area (Å²) in [6.45, 7) is 0. The van der Waals surface area contributed by atoms with Crippen LogP contribution in [0, 0.1) is 0 Å². The van der Waals surface area contributed by atoms with Crippen LogP contribution in [0.3, 0.4) is 0 Å². The quantitative estimate of drug-likeness (QED) is 0.605. The standard InChI is InChI=1S/C5H5N5OS/c1-12-5-9-4(11)8-3-6-2-7-10(3)5/h2H,1H3,(H,6,7,8,11). The van der Waals surface area contributed by atoms with Gasteiger partial charge in [0.15, 0.2) is 5.16 Å². The number of nitrogens with one attached hydrogen (secondary N) is 1. The van der Waals surface area contributed by atoms with Gasteiger partial charge in [0.2, 0.25) is 5.78 Å². The van der Waals surface area contributed by atoms with Crippen molar-refractivity contribution in [2.75, 3.05) is 6.26 Å². The molecule has 0 atom stereocenters. The maximum absolute atomic E-state index is 10.9. The normalized spacial score (nSPS) is 10.8. The second-order valence-corrected chi connectivity index (χ2v) is 2.80. The number of thioether (sulfide) groups is 1. The second kappa shape index (κ2) is 2.59. The molecule has 0 bridgehead atoms. The van der Waals surface area contributed by atoms with Crippen LogP contribution in [0.15, 0.2) is 16.3 Å². The molecule has 0 fully saturated rings. The SMILES string of the molecule is CSc1nc(=O)[nH]c2ncnn12.